The van der Waals surface area contributed by atoms with Crippen LogP contribution in [0.25, 0.3) is 0 Å². The fraction of sp³-hybridized carbons (Fsp3) is 0.667. The fourth-order valence-corrected chi connectivity index (χ4v) is 0.829. The van der Waals surface area contributed by atoms with Gasteiger partial charge in [0.2, 0.25) is 0 Å². The molecule has 0 bridgehead atoms. The molecule has 0 amide bonds. The first kappa shape index (κ1) is 12.4. The number of carbonyl (C=O) groups excluding carboxylic acids is 2. The van der Waals surface area contributed by atoms with E-state index in [1.54, 1.807) is 0 Å². The molecule has 0 aliphatic heterocycles. The molecule has 0 aromatic heterocycles. The van der Waals surface area contributed by atoms with Gasteiger partial charge in [-0.25, -0.2) is 0 Å². The third-order valence-corrected chi connectivity index (χ3v) is 2.07. The quantitative estimate of drug-likeness (QED) is 0.300. The molecule has 0 aromatic rings. The zero-order chi connectivity index (χ0) is 9.40. The van der Waals surface area contributed by atoms with Crippen molar-refractivity contribution in [1.29, 1.82) is 0 Å². The Labute approximate surface area is 97.6 Å². The van der Waals surface area contributed by atoms with E-state index < -0.39 is 0 Å². The first-order chi connectivity index (χ1) is 5.70. The normalized spacial score (nSPS) is 9.17. The highest BCUT2D eigenvalue weighted by Gasteiger charge is 2.01. The van der Waals surface area contributed by atoms with Crippen LogP contribution in [0.4, 0.5) is 0 Å². The first-order valence-corrected chi connectivity index (χ1v) is 6.19. The highest BCUT2D eigenvalue weighted by molar-refractivity contribution is 14.1. The third kappa shape index (κ3) is 7.07. The molecule has 0 aliphatic carbocycles. The summed E-state index contributed by atoms with van der Waals surface area (Å²) in [6.07, 6.45) is 0. The SMILES string of the molecule is O=C(CI)OCCOC(=O)CI. The number of esters is 2. The van der Waals surface area contributed by atoms with Crippen molar-refractivity contribution in [2.75, 3.05) is 22.1 Å². The maximum Gasteiger partial charge on any atom is 0.315 e. The minimum absolute atomic E-state index is 0.143. The summed E-state index contributed by atoms with van der Waals surface area (Å²) in [5, 5.41) is 0. The lowest BCUT2D eigenvalue weighted by molar-refractivity contribution is -0.148. The standard InChI is InChI=1S/C6H8I2O4/c7-3-5(9)11-1-2-12-6(10)4-8/h1-4H2. The van der Waals surface area contributed by atoms with E-state index in [2.05, 4.69) is 9.47 Å². The summed E-state index contributed by atoms with van der Waals surface area (Å²) >= 11 is 3.80. The number of rotatable bonds is 5. The Bertz CT molecular complexity index is 142. The van der Waals surface area contributed by atoms with Crippen LogP contribution in [0.3, 0.4) is 0 Å². The average Bonchev–Trinajstić information content (AvgIpc) is 2.11. The molecule has 0 rings (SSSR count). The van der Waals surface area contributed by atoms with Crippen molar-refractivity contribution < 1.29 is 19.1 Å². The van der Waals surface area contributed by atoms with Crippen molar-refractivity contribution in [2.45, 2.75) is 0 Å². The number of ether oxygens (including phenoxy) is 2. The molecule has 0 fully saturated rings. The lowest BCUT2D eigenvalue weighted by Crippen LogP contribution is -2.14. The molecule has 0 saturated heterocycles. The molecule has 0 heterocycles. The second-order valence-corrected chi connectivity index (χ2v) is 3.23. The number of halogens is 2. The Morgan fingerprint density at radius 1 is 0.917 bits per heavy atom. The zero-order valence-corrected chi connectivity index (χ0v) is 10.5. The second-order valence-electron chi connectivity index (χ2n) is 1.71. The largest absolute Gasteiger partial charge is 0.461 e. The van der Waals surface area contributed by atoms with Gasteiger partial charge in [0.05, 0.1) is 8.86 Å². The van der Waals surface area contributed by atoms with Gasteiger partial charge in [0, 0.05) is 0 Å². The minimum Gasteiger partial charge on any atom is -0.461 e. The number of hydrogen-bond acceptors (Lipinski definition) is 4. The molecule has 70 valence electrons. The van der Waals surface area contributed by atoms with E-state index in [0.717, 1.165) is 0 Å². The van der Waals surface area contributed by atoms with Gasteiger partial charge in [-0.1, -0.05) is 45.2 Å². The first-order valence-electron chi connectivity index (χ1n) is 3.14. The van der Waals surface area contributed by atoms with Crippen LogP contribution in [0.15, 0.2) is 0 Å². The average molecular weight is 398 g/mol. The van der Waals surface area contributed by atoms with Crippen molar-refractivity contribution in [2.24, 2.45) is 0 Å². The van der Waals surface area contributed by atoms with Crippen LogP contribution in [0, 0.1) is 0 Å². The molecule has 0 aromatic carbocycles. The number of hydrogen-bond donors (Lipinski definition) is 0. The van der Waals surface area contributed by atoms with Crippen LogP contribution in [0.5, 0.6) is 0 Å². The summed E-state index contributed by atoms with van der Waals surface area (Å²) in [7, 11) is 0. The van der Waals surface area contributed by atoms with Crippen LogP contribution >= 0.6 is 45.2 Å². The van der Waals surface area contributed by atoms with Gasteiger partial charge in [-0.05, 0) is 0 Å². The molecule has 0 saturated carbocycles. The predicted molar refractivity (Wildman–Crippen MR) is 59.7 cm³/mol. The van der Waals surface area contributed by atoms with Gasteiger partial charge in [0.15, 0.2) is 0 Å². The lowest BCUT2D eigenvalue weighted by Gasteiger charge is -2.02. The van der Waals surface area contributed by atoms with Gasteiger partial charge >= 0.3 is 11.9 Å². The van der Waals surface area contributed by atoms with Gasteiger partial charge in [-0.2, -0.15) is 0 Å². The van der Waals surface area contributed by atoms with Gasteiger partial charge in [-0.3, -0.25) is 9.59 Å². The molecule has 6 heteroatoms. The van der Waals surface area contributed by atoms with Crippen LogP contribution < -0.4 is 0 Å². The Balaban J connectivity index is 3.21. The van der Waals surface area contributed by atoms with E-state index in [1.165, 1.54) is 0 Å². The molecular formula is C6H8I2O4. The summed E-state index contributed by atoms with van der Waals surface area (Å²) in [5.74, 6) is -0.581. The monoisotopic (exact) mass is 398 g/mol. The Morgan fingerprint density at radius 3 is 1.50 bits per heavy atom. The summed E-state index contributed by atoms with van der Waals surface area (Å²) in [6.45, 7) is 0.286. The van der Waals surface area contributed by atoms with E-state index in [-0.39, 0.29) is 25.2 Å². The van der Waals surface area contributed by atoms with E-state index in [1.807, 2.05) is 45.2 Å². The van der Waals surface area contributed by atoms with Crippen molar-refractivity contribution >= 4 is 57.1 Å². The smallest absolute Gasteiger partial charge is 0.315 e. The molecule has 0 radical (unpaired) electrons. The molecule has 0 spiro atoms. The Morgan fingerprint density at radius 2 is 1.25 bits per heavy atom. The summed E-state index contributed by atoms with van der Waals surface area (Å²) in [4.78, 5) is 21.1. The van der Waals surface area contributed by atoms with Crippen LogP contribution in [-0.4, -0.2) is 34.0 Å². The molecular weight excluding hydrogens is 390 g/mol. The molecule has 0 unspecified atom stereocenters. The molecule has 0 aliphatic rings. The van der Waals surface area contributed by atoms with Crippen molar-refractivity contribution in [1.82, 2.24) is 0 Å². The summed E-state index contributed by atoms with van der Waals surface area (Å²) < 4.78 is 9.95. The van der Waals surface area contributed by atoms with Crippen molar-refractivity contribution in [3.8, 4) is 0 Å². The Kier molecular flexibility index (Phi) is 8.29. The highest BCUT2D eigenvalue weighted by Crippen LogP contribution is 1.89. The van der Waals surface area contributed by atoms with E-state index in [9.17, 15) is 9.59 Å². The van der Waals surface area contributed by atoms with Gasteiger partial charge < -0.3 is 9.47 Å². The van der Waals surface area contributed by atoms with E-state index in [0.29, 0.717) is 8.86 Å². The summed E-state index contributed by atoms with van der Waals surface area (Å²) in [6, 6.07) is 0. The third-order valence-electron chi connectivity index (χ3n) is 0.828. The maximum atomic E-state index is 10.6. The number of alkyl halides is 2. The highest BCUT2D eigenvalue weighted by atomic mass is 127. The van der Waals surface area contributed by atoms with Crippen LogP contribution in [-0.2, 0) is 19.1 Å². The van der Waals surface area contributed by atoms with E-state index >= 15 is 0 Å². The second kappa shape index (κ2) is 8.02. The van der Waals surface area contributed by atoms with Crippen LogP contribution in [0.1, 0.15) is 0 Å². The molecule has 0 N–H and O–H groups in total. The molecule has 4 nitrogen and oxygen atoms in total. The van der Waals surface area contributed by atoms with Crippen molar-refractivity contribution in [3.05, 3.63) is 0 Å². The minimum atomic E-state index is -0.291. The predicted octanol–water partition coefficient (Wildman–Crippen LogP) is 0.943. The Hall–Kier alpha value is 0.400. The van der Waals surface area contributed by atoms with Gasteiger partial charge in [0.25, 0.3) is 0 Å². The van der Waals surface area contributed by atoms with Crippen molar-refractivity contribution in [3.63, 3.8) is 0 Å². The molecule has 12 heavy (non-hydrogen) atoms. The van der Waals surface area contributed by atoms with Crippen LogP contribution in [0.2, 0.25) is 0 Å². The topological polar surface area (TPSA) is 52.6 Å². The molecule has 0 atom stereocenters. The zero-order valence-electron chi connectivity index (χ0n) is 6.22. The maximum absolute atomic E-state index is 10.6. The lowest BCUT2D eigenvalue weighted by atomic mass is 10.7. The van der Waals surface area contributed by atoms with Gasteiger partial charge in [0.1, 0.15) is 13.2 Å². The summed E-state index contributed by atoms with van der Waals surface area (Å²) in [5.41, 5.74) is 0. The number of carbonyl (C=O) groups is 2. The fourth-order valence-electron chi connectivity index (χ4n) is 0.388. The van der Waals surface area contributed by atoms with Gasteiger partial charge in [-0.15, -0.1) is 0 Å². The van der Waals surface area contributed by atoms with E-state index in [4.69, 9.17) is 0 Å².